The van der Waals surface area contributed by atoms with Crippen molar-refractivity contribution in [3.63, 3.8) is 0 Å². The van der Waals surface area contributed by atoms with Gasteiger partial charge in [0.05, 0.1) is 0 Å². The zero-order chi connectivity index (χ0) is 13.8. The Bertz CT molecular complexity index is 525. The largest absolute Gasteiger partial charge is 0.378 e. The van der Waals surface area contributed by atoms with Crippen molar-refractivity contribution in [3.8, 4) is 0 Å². The molecule has 0 aliphatic heterocycles. The summed E-state index contributed by atoms with van der Waals surface area (Å²) in [5.41, 5.74) is 5.11. The van der Waals surface area contributed by atoms with Gasteiger partial charge in [0.15, 0.2) is 0 Å². The molecule has 2 aromatic carbocycles. The van der Waals surface area contributed by atoms with Crippen LogP contribution in [0.1, 0.15) is 36.6 Å². The zero-order valence-electron chi connectivity index (χ0n) is 11.7. The Morgan fingerprint density at radius 3 is 2.37 bits per heavy atom. The number of aryl methyl sites for hydroxylation is 2. The predicted molar refractivity (Wildman–Crippen MR) is 86.7 cm³/mol. The van der Waals surface area contributed by atoms with Crippen LogP contribution in [0.5, 0.6) is 0 Å². The molecule has 0 saturated carbocycles. The summed E-state index contributed by atoms with van der Waals surface area (Å²) in [5.74, 6) is 0. The number of hydrogen-bond acceptors (Lipinski definition) is 1. The van der Waals surface area contributed by atoms with Crippen LogP contribution in [-0.4, -0.2) is 0 Å². The minimum absolute atomic E-state index is 0.305. The Morgan fingerprint density at radius 1 is 1.11 bits per heavy atom. The molecule has 1 atom stereocenters. The molecule has 0 bridgehead atoms. The monoisotopic (exact) mass is 317 g/mol. The normalized spacial score (nSPS) is 12.2. The molecule has 0 aromatic heterocycles. The van der Waals surface area contributed by atoms with Gasteiger partial charge in [-0.2, -0.15) is 0 Å². The van der Waals surface area contributed by atoms with E-state index in [4.69, 9.17) is 0 Å². The van der Waals surface area contributed by atoms with Gasteiger partial charge in [-0.3, -0.25) is 0 Å². The Kier molecular flexibility index (Phi) is 4.65. The molecule has 0 radical (unpaired) electrons. The van der Waals surface area contributed by atoms with E-state index in [1.54, 1.807) is 0 Å². The predicted octanol–water partition coefficient (Wildman–Crippen LogP) is 5.49. The van der Waals surface area contributed by atoms with Gasteiger partial charge in [-0.15, -0.1) is 0 Å². The van der Waals surface area contributed by atoms with Gasteiger partial charge in [-0.05, 0) is 55.2 Å². The molecule has 2 heteroatoms. The van der Waals surface area contributed by atoms with Gasteiger partial charge in [0.25, 0.3) is 0 Å². The molecule has 2 aromatic rings. The van der Waals surface area contributed by atoms with Crippen LogP contribution in [0, 0.1) is 6.92 Å². The Morgan fingerprint density at radius 2 is 1.79 bits per heavy atom. The van der Waals surface area contributed by atoms with E-state index in [0.717, 1.165) is 16.6 Å². The molecule has 19 heavy (non-hydrogen) atoms. The fourth-order valence-electron chi connectivity index (χ4n) is 2.20. The highest BCUT2D eigenvalue weighted by molar-refractivity contribution is 9.10. The number of benzene rings is 2. The van der Waals surface area contributed by atoms with E-state index in [1.807, 2.05) is 0 Å². The van der Waals surface area contributed by atoms with E-state index in [-0.39, 0.29) is 0 Å². The van der Waals surface area contributed by atoms with E-state index in [0.29, 0.717) is 6.04 Å². The lowest BCUT2D eigenvalue weighted by atomic mass is 10.0. The van der Waals surface area contributed by atoms with Gasteiger partial charge < -0.3 is 5.32 Å². The smallest absolute Gasteiger partial charge is 0.0485 e. The Hall–Kier alpha value is -1.28. The zero-order valence-corrected chi connectivity index (χ0v) is 13.3. The van der Waals surface area contributed by atoms with Gasteiger partial charge in [-0.1, -0.05) is 47.1 Å². The highest BCUT2D eigenvalue weighted by Gasteiger charge is 2.06. The van der Waals surface area contributed by atoms with Gasteiger partial charge >= 0.3 is 0 Å². The van der Waals surface area contributed by atoms with E-state index in [9.17, 15) is 0 Å². The second kappa shape index (κ2) is 6.25. The van der Waals surface area contributed by atoms with Crippen molar-refractivity contribution in [2.75, 3.05) is 5.32 Å². The molecule has 0 spiro atoms. The van der Waals surface area contributed by atoms with Crippen molar-refractivity contribution in [2.24, 2.45) is 0 Å². The van der Waals surface area contributed by atoms with Crippen LogP contribution in [0.3, 0.4) is 0 Å². The summed E-state index contributed by atoms with van der Waals surface area (Å²) in [7, 11) is 0. The van der Waals surface area contributed by atoms with Gasteiger partial charge in [0.1, 0.15) is 0 Å². The van der Waals surface area contributed by atoms with Crippen molar-refractivity contribution in [3.05, 3.63) is 63.6 Å². The average Bonchev–Trinajstić information content (AvgIpc) is 2.37. The summed E-state index contributed by atoms with van der Waals surface area (Å²) in [4.78, 5) is 0. The number of anilines is 1. The number of halogens is 1. The topological polar surface area (TPSA) is 12.0 Å². The summed E-state index contributed by atoms with van der Waals surface area (Å²) in [6, 6.07) is 15.5. The van der Waals surface area contributed by atoms with E-state index in [1.165, 1.54) is 16.7 Å². The first kappa shape index (κ1) is 14.1. The molecule has 100 valence electrons. The summed E-state index contributed by atoms with van der Waals surface area (Å²) in [6.07, 6.45) is 1.09. The van der Waals surface area contributed by atoms with Crippen LogP contribution in [0.25, 0.3) is 0 Å². The molecule has 0 aliphatic rings. The summed E-state index contributed by atoms with van der Waals surface area (Å²) >= 11 is 3.54. The molecular weight excluding hydrogens is 298 g/mol. The Labute approximate surface area is 124 Å². The maximum atomic E-state index is 3.55. The van der Waals surface area contributed by atoms with E-state index < -0.39 is 0 Å². The highest BCUT2D eigenvalue weighted by Crippen LogP contribution is 2.24. The molecule has 0 saturated heterocycles. The van der Waals surface area contributed by atoms with Gasteiger partial charge in [0, 0.05) is 16.2 Å². The fourth-order valence-corrected chi connectivity index (χ4v) is 2.80. The fraction of sp³-hybridized carbons (Fsp3) is 0.294. The van der Waals surface area contributed by atoms with Crippen LogP contribution in [0.4, 0.5) is 5.69 Å². The van der Waals surface area contributed by atoms with Crippen molar-refractivity contribution in [2.45, 2.75) is 33.2 Å². The van der Waals surface area contributed by atoms with Crippen LogP contribution in [-0.2, 0) is 6.42 Å². The van der Waals surface area contributed by atoms with Crippen molar-refractivity contribution in [1.29, 1.82) is 0 Å². The van der Waals surface area contributed by atoms with Crippen molar-refractivity contribution < 1.29 is 0 Å². The lowest BCUT2D eigenvalue weighted by Gasteiger charge is -2.17. The average molecular weight is 318 g/mol. The quantitative estimate of drug-likeness (QED) is 0.785. The molecule has 0 fully saturated rings. The standard InChI is InChI=1S/C17H20BrN/c1-4-14-5-7-15(8-6-14)13(3)19-17-10-12(2)9-16(18)11-17/h5-11,13,19H,4H2,1-3H3. The van der Waals surface area contributed by atoms with Crippen LogP contribution >= 0.6 is 15.9 Å². The third-order valence-electron chi connectivity index (χ3n) is 3.31. The SMILES string of the molecule is CCc1ccc(C(C)Nc2cc(C)cc(Br)c2)cc1. The first-order valence-corrected chi connectivity index (χ1v) is 7.50. The summed E-state index contributed by atoms with van der Waals surface area (Å²) in [6.45, 7) is 6.48. The molecule has 1 nitrogen and oxygen atoms in total. The van der Waals surface area contributed by atoms with Gasteiger partial charge in [0.2, 0.25) is 0 Å². The molecule has 0 amide bonds. The van der Waals surface area contributed by atoms with Crippen LogP contribution in [0.15, 0.2) is 46.9 Å². The summed E-state index contributed by atoms with van der Waals surface area (Å²) < 4.78 is 1.11. The number of nitrogens with one attached hydrogen (secondary N) is 1. The maximum Gasteiger partial charge on any atom is 0.0485 e. The number of rotatable bonds is 4. The van der Waals surface area contributed by atoms with Crippen molar-refractivity contribution in [1.82, 2.24) is 0 Å². The molecule has 0 aliphatic carbocycles. The third-order valence-corrected chi connectivity index (χ3v) is 3.77. The Balaban J connectivity index is 2.13. The first-order chi connectivity index (χ1) is 9.08. The molecule has 0 heterocycles. The third kappa shape index (κ3) is 3.84. The maximum absolute atomic E-state index is 3.55. The molecule has 1 N–H and O–H groups in total. The summed E-state index contributed by atoms with van der Waals surface area (Å²) in [5, 5.41) is 3.55. The van der Waals surface area contributed by atoms with Crippen molar-refractivity contribution >= 4 is 21.6 Å². The lowest BCUT2D eigenvalue weighted by molar-refractivity contribution is 0.882. The highest BCUT2D eigenvalue weighted by atomic mass is 79.9. The minimum Gasteiger partial charge on any atom is -0.378 e. The number of hydrogen-bond donors (Lipinski definition) is 1. The minimum atomic E-state index is 0.305. The molecule has 2 rings (SSSR count). The first-order valence-electron chi connectivity index (χ1n) is 6.71. The van der Waals surface area contributed by atoms with E-state index in [2.05, 4.69) is 84.5 Å². The van der Waals surface area contributed by atoms with Crippen LogP contribution < -0.4 is 5.32 Å². The molecule has 1 unspecified atom stereocenters. The second-order valence-electron chi connectivity index (χ2n) is 4.98. The second-order valence-corrected chi connectivity index (χ2v) is 5.89. The molecular formula is C17H20BrN. The van der Waals surface area contributed by atoms with Gasteiger partial charge in [-0.25, -0.2) is 0 Å². The van der Waals surface area contributed by atoms with Crippen LogP contribution in [0.2, 0.25) is 0 Å². The van der Waals surface area contributed by atoms with E-state index >= 15 is 0 Å². The lowest BCUT2D eigenvalue weighted by Crippen LogP contribution is -2.06.